The summed E-state index contributed by atoms with van der Waals surface area (Å²) in [4.78, 5) is 16.7. The van der Waals surface area contributed by atoms with Gasteiger partial charge in [0.1, 0.15) is 4.90 Å². The van der Waals surface area contributed by atoms with Crippen molar-refractivity contribution >= 4 is 38.8 Å². The lowest BCUT2D eigenvalue weighted by molar-refractivity contribution is -0.0328. The van der Waals surface area contributed by atoms with E-state index in [1.807, 2.05) is 0 Å². The van der Waals surface area contributed by atoms with E-state index in [1.165, 1.54) is 31.3 Å². The molecule has 0 aliphatic heterocycles. The molecule has 0 bridgehead atoms. The van der Waals surface area contributed by atoms with E-state index in [4.69, 9.17) is 11.6 Å². The quantitative estimate of drug-likeness (QED) is 0.362. The van der Waals surface area contributed by atoms with Gasteiger partial charge in [-0.2, -0.15) is 17.9 Å². The smallest absolute Gasteiger partial charge is 0.249 e. The van der Waals surface area contributed by atoms with Gasteiger partial charge in [-0.3, -0.25) is 0 Å². The van der Waals surface area contributed by atoms with E-state index >= 15 is 0 Å². The highest BCUT2D eigenvalue weighted by Gasteiger charge is 2.30. The van der Waals surface area contributed by atoms with Crippen molar-refractivity contribution in [3.63, 3.8) is 0 Å². The lowest BCUT2D eigenvalue weighted by atomic mass is 10.1. The van der Waals surface area contributed by atoms with Gasteiger partial charge in [-0.1, -0.05) is 30.7 Å². The number of rotatable bonds is 5. The number of nitrogens with zero attached hydrogens (tertiary/aromatic N) is 4. The predicted molar refractivity (Wildman–Crippen MR) is 119 cm³/mol. The number of halogens is 4. The average Bonchev–Trinajstić information content (AvgIpc) is 3.08. The molecular formula is C20H14ClF3N4O3S2. The maximum Gasteiger partial charge on any atom is 0.446 e. The average molecular weight is 515 g/mol. The van der Waals surface area contributed by atoms with E-state index in [1.54, 1.807) is 24.3 Å². The molecule has 0 atom stereocenters. The van der Waals surface area contributed by atoms with Gasteiger partial charge in [-0.15, -0.1) is 5.10 Å². The van der Waals surface area contributed by atoms with Gasteiger partial charge in [-0.25, -0.2) is 22.6 Å². The van der Waals surface area contributed by atoms with Crippen LogP contribution in [0.5, 0.6) is 0 Å². The number of alkyl halides is 3. The van der Waals surface area contributed by atoms with E-state index in [-0.39, 0.29) is 38.8 Å². The van der Waals surface area contributed by atoms with Crippen molar-refractivity contribution in [2.24, 2.45) is 0 Å². The molecule has 0 aliphatic carbocycles. The summed E-state index contributed by atoms with van der Waals surface area (Å²) in [6.45, 7) is 1.45. The van der Waals surface area contributed by atoms with Crippen molar-refractivity contribution in [3.05, 3.63) is 70.4 Å². The molecule has 0 unspecified atom stereocenters. The molecule has 0 amide bonds. The topological polar surface area (TPSA) is 86.3 Å². The standard InChI is InChI=1S/C20H14ClF3N4O3S2/c1-2-33(30,31)16-9-13(12-3-5-14(21)6-4-12)10-25-18(16)28-19(29)27-11-15(32-20(22,23)24)7-8-17(27)26-28/h3-11H,2H2,1H3. The monoisotopic (exact) mass is 514 g/mol. The summed E-state index contributed by atoms with van der Waals surface area (Å²) in [5.41, 5.74) is -4.22. The second kappa shape index (κ2) is 8.50. The molecule has 7 nitrogen and oxygen atoms in total. The SMILES string of the molecule is CCS(=O)(=O)c1cc(-c2ccc(Cl)cc2)cnc1-n1nc2ccc(SC(F)(F)F)cn2c1=O. The molecule has 0 fully saturated rings. The van der Waals surface area contributed by atoms with Crippen molar-refractivity contribution in [1.82, 2.24) is 19.2 Å². The maximum atomic E-state index is 12.9. The Balaban J connectivity index is 1.90. The van der Waals surface area contributed by atoms with E-state index in [0.717, 1.165) is 15.3 Å². The summed E-state index contributed by atoms with van der Waals surface area (Å²) < 4.78 is 65.5. The molecule has 4 rings (SSSR count). The Morgan fingerprint density at radius 2 is 1.79 bits per heavy atom. The number of aromatic nitrogens is 4. The van der Waals surface area contributed by atoms with Crippen molar-refractivity contribution in [1.29, 1.82) is 0 Å². The first-order chi connectivity index (χ1) is 15.5. The van der Waals surface area contributed by atoms with Crippen molar-refractivity contribution in [3.8, 4) is 16.9 Å². The molecule has 3 aromatic heterocycles. The van der Waals surface area contributed by atoms with Gasteiger partial charge in [0.05, 0.1) is 5.75 Å². The summed E-state index contributed by atoms with van der Waals surface area (Å²) in [5, 5.41) is 4.58. The van der Waals surface area contributed by atoms with Crippen molar-refractivity contribution in [2.75, 3.05) is 5.75 Å². The molecule has 33 heavy (non-hydrogen) atoms. The Kier molecular flexibility index (Phi) is 6.01. The van der Waals surface area contributed by atoms with Crippen LogP contribution in [0.25, 0.3) is 22.6 Å². The van der Waals surface area contributed by atoms with Crippen LogP contribution in [0.2, 0.25) is 5.02 Å². The minimum Gasteiger partial charge on any atom is -0.249 e. The van der Waals surface area contributed by atoms with E-state index in [9.17, 15) is 26.4 Å². The van der Waals surface area contributed by atoms with Crippen LogP contribution in [0.3, 0.4) is 0 Å². The maximum absolute atomic E-state index is 12.9. The summed E-state index contributed by atoms with van der Waals surface area (Å²) in [7, 11) is -3.85. The Morgan fingerprint density at radius 3 is 2.42 bits per heavy atom. The van der Waals surface area contributed by atoms with Gasteiger partial charge in [0.2, 0.25) is 0 Å². The van der Waals surface area contributed by atoms with Crippen LogP contribution in [-0.2, 0) is 9.84 Å². The molecule has 13 heteroatoms. The summed E-state index contributed by atoms with van der Waals surface area (Å²) in [5.74, 6) is -0.506. The fourth-order valence-electron chi connectivity index (χ4n) is 3.07. The number of thioether (sulfide) groups is 1. The van der Waals surface area contributed by atoms with Crippen LogP contribution < -0.4 is 5.69 Å². The van der Waals surface area contributed by atoms with Crippen molar-refractivity contribution in [2.45, 2.75) is 22.2 Å². The highest BCUT2D eigenvalue weighted by Crippen LogP contribution is 2.36. The van der Waals surface area contributed by atoms with Crippen LogP contribution in [0.4, 0.5) is 13.2 Å². The summed E-state index contributed by atoms with van der Waals surface area (Å²) in [6.07, 6.45) is 2.38. The lowest BCUT2D eigenvalue weighted by Crippen LogP contribution is -2.23. The molecule has 0 saturated heterocycles. The zero-order valence-corrected chi connectivity index (χ0v) is 19.1. The minimum absolute atomic E-state index is 0.0370. The molecule has 1 aromatic carbocycles. The molecule has 0 saturated carbocycles. The first kappa shape index (κ1) is 23.3. The van der Waals surface area contributed by atoms with Crippen LogP contribution in [0.1, 0.15) is 6.92 Å². The zero-order chi connectivity index (χ0) is 24.0. The number of sulfone groups is 1. The Morgan fingerprint density at radius 1 is 1.09 bits per heavy atom. The van der Waals surface area contributed by atoms with Gasteiger partial charge in [0, 0.05) is 27.9 Å². The molecule has 0 N–H and O–H groups in total. The Hall–Kier alpha value is -2.83. The number of hydrogen-bond acceptors (Lipinski definition) is 6. The second-order valence-corrected chi connectivity index (χ2v) is 10.6. The largest absolute Gasteiger partial charge is 0.446 e. The van der Waals surface area contributed by atoms with Gasteiger partial charge in [0.25, 0.3) is 0 Å². The molecular weight excluding hydrogens is 501 g/mol. The molecule has 0 spiro atoms. The van der Waals surface area contributed by atoms with Gasteiger partial charge < -0.3 is 0 Å². The van der Waals surface area contributed by atoms with Crippen LogP contribution in [-0.4, -0.2) is 38.8 Å². The number of fused-ring (bicyclic) bond motifs is 1. The molecule has 4 aromatic rings. The number of pyridine rings is 2. The predicted octanol–water partition coefficient (Wildman–Crippen LogP) is 4.61. The van der Waals surface area contributed by atoms with Crippen molar-refractivity contribution < 1.29 is 21.6 Å². The van der Waals surface area contributed by atoms with E-state index in [0.29, 0.717) is 16.1 Å². The van der Waals surface area contributed by atoms with Gasteiger partial charge >= 0.3 is 11.2 Å². The number of benzene rings is 1. The van der Waals surface area contributed by atoms with E-state index < -0.39 is 21.0 Å². The van der Waals surface area contributed by atoms with Gasteiger partial charge in [0.15, 0.2) is 21.3 Å². The Bertz CT molecular complexity index is 1510. The van der Waals surface area contributed by atoms with Crippen LogP contribution in [0, 0.1) is 0 Å². The summed E-state index contributed by atoms with van der Waals surface area (Å²) in [6, 6.07) is 10.5. The first-order valence-corrected chi connectivity index (χ1v) is 12.2. The lowest BCUT2D eigenvalue weighted by Gasteiger charge is -2.10. The highest BCUT2D eigenvalue weighted by molar-refractivity contribution is 8.00. The van der Waals surface area contributed by atoms with Crippen LogP contribution >= 0.6 is 23.4 Å². The molecule has 0 radical (unpaired) electrons. The van der Waals surface area contributed by atoms with E-state index in [2.05, 4.69) is 10.1 Å². The third-order valence-corrected chi connectivity index (χ3v) is 7.34. The molecule has 3 heterocycles. The Labute approximate surface area is 194 Å². The third kappa shape index (κ3) is 4.77. The fourth-order valence-corrected chi connectivity index (χ4v) is 4.79. The fraction of sp³-hybridized carbons (Fsp3) is 0.150. The third-order valence-electron chi connectivity index (χ3n) is 4.65. The highest BCUT2D eigenvalue weighted by atomic mass is 35.5. The molecule has 0 aliphatic rings. The molecule has 172 valence electrons. The normalized spacial score (nSPS) is 12.4. The minimum atomic E-state index is -4.53. The number of hydrogen-bond donors (Lipinski definition) is 0. The first-order valence-electron chi connectivity index (χ1n) is 9.35. The zero-order valence-electron chi connectivity index (χ0n) is 16.7. The van der Waals surface area contributed by atoms with Crippen LogP contribution in [0.15, 0.2) is 69.4 Å². The summed E-state index contributed by atoms with van der Waals surface area (Å²) >= 11 is 5.53. The second-order valence-electron chi connectivity index (χ2n) is 6.79. The van der Waals surface area contributed by atoms with Gasteiger partial charge in [-0.05, 0) is 47.7 Å².